The van der Waals surface area contributed by atoms with Crippen LogP contribution in [0.5, 0.6) is 0 Å². The number of rotatable bonds is 2. The highest BCUT2D eigenvalue weighted by Crippen LogP contribution is 2.29. The van der Waals surface area contributed by atoms with Gasteiger partial charge in [-0.3, -0.25) is 4.40 Å². The second-order valence-electron chi connectivity index (χ2n) is 5.09. The van der Waals surface area contributed by atoms with Crippen molar-refractivity contribution < 1.29 is 5.11 Å². The third-order valence-electron chi connectivity index (χ3n) is 3.55. The van der Waals surface area contributed by atoms with Gasteiger partial charge >= 0.3 is 0 Å². The second kappa shape index (κ2) is 4.65. The summed E-state index contributed by atoms with van der Waals surface area (Å²) in [6.07, 6.45) is 1.84. The number of anilines is 1. The maximum atomic E-state index is 9.20. The molecule has 0 amide bonds. The average Bonchev–Trinajstić information content (AvgIpc) is 2.75. The molecule has 0 atom stereocenters. The van der Waals surface area contributed by atoms with Crippen LogP contribution >= 0.6 is 0 Å². The van der Waals surface area contributed by atoms with Crippen LogP contribution < -0.4 is 5.73 Å². The molecule has 4 nitrogen and oxygen atoms in total. The number of benzene rings is 1. The zero-order valence-corrected chi connectivity index (χ0v) is 11.6. The number of aliphatic hydroxyl groups excluding tert-OH is 1. The molecule has 0 radical (unpaired) electrons. The molecule has 102 valence electrons. The Labute approximate surface area is 117 Å². The summed E-state index contributed by atoms with van der Waals surface area (Å²) in [5.74, 6) is 0.622. The van der Waals surface area contributed by atoms with E-state index in [0.29, 0.717) is 5.82 Å². The highest BCUT2D eigenvalue weighted by atomic mass is 16.3. The van der Waals surface area contributed by atoms with Crippen LogP contribution in [0.25, 0.3) is 16.9 Å². The maximum Gasteiger partial charge on any atom is 0.139 e. The summed E-state index contributed by atoms with van der Waals surface area (Å²) < 4.78 is 1.84. The molecule has 0 aliphatic carbocycles. The quantitative estimate of drug-likeness (QED) is 0.750. The van der Waals surface area contributed by atoms with E-state index in [2.05, 4.69) is 37.0 Å². The molecule has 0 unspecified atom stereocenters. The van der Waals surface area contributed by atoms with Crippen molar-refractivity contribution in [3.05, 3.63) is 53.2 Å². The van der Waals surface area contributed by atoms with Gasteiger partial charge in [-0.2, -0.15) is 0 Å². The minimum absolute atomic E-state index is 0.00214. The van der Waals surface area contributed by atoms with Crippen LogP contribution in [0.3, 0.4) is 0 Å². The molecule has 0 saturated carbocycles. The molecule has 0 aliphatic rings. The molecule has 0 bridgehead atoms. The number of nitrogen functional groups attached to an aromatic ring is 1. The van der Waals surface area contributed by atoms with Crippen LogP contribution in [0.1, 0.15) is 16.7 Å². The van der Waals surface area contributed by atoms with Crippen LogP contribution in [-0.4, -0.2) is 14.5 Å². The molecular formula is C16H17N3O. The topological polar surface area (TPSA) is 63.5 Å². The normalized spacial score (nSPS) is 11.2. The van der Waals surface area contributed by atoms with Crippen molar-refractivity contribution in [2.75, 3.05) is 5.73 Å². The van der Waals surface area contributed by atoms with E-state index in [1.54, 1.807) is 0 Å². The molecular weight excluding hydrogens is 250 g/mol. The van der Waals surface area contributed by atoms with Gasteiger partial charge in [-0.15, -0.1) is 0 Å². The fourth-order valence-corrected chi connectivity index (χ4v) is 2.48. The highest BCUT2D eigenvalue weighted by Gasteiger charge is 2.13. The molecule has 0 spiro atoms. The van der Waals surface area contributed by atoms with Crippen LogP contribution in [0.2, 0.25) is 0 Å². The molecule has 0 aliphatic heterocycles. The molecule has 4 heteroatoms. The van der Waals surface area contributed by atoms with Gasteiger partial charge in [-0.05, 0) is 37.1 Å². The van der Waals surface area contributed by atoms with Gasteiger partial charge in [0, 0.05) is 11.8 Å². The van der Waals surface area contributed by atoms with Gasteiger partial charge < -0.3 is 10.8 Å². The Bertz CT molecular complexity index is 790. The molecule has 3 N–H and O–H groups in total. The van der Waals surface area contributed by atoms with E-state index >= 15 is 0 Å². The summed E-state index contributed by atoms with van der Waals surface area (Å²) in [7, 11) is 0. The SMILES string of the molecule is Cc1ccc(-c2nc3cc(CO)ccn3c2N)c(C)c1. The Morgan fingerprint density at radius 1 is 1.20 bits per heavy atom. The molecule has 0 fully saturated rings. The Morgan fingerprint density at radius 3 is 2.70 bits per heavy atom. The number of imidazole rings is 1. The smallest absolute Gasteiger partial charge is 0.139 e. The van der Waals surface area contributed by atoms with Crippen molar-refractivity contribution in [1.29, 1.82) is 0 Å². The minimum atomic E-state index is 0.00214. The molecule has 3 rings (SSSR count). The lowest BCUT2D eigenvalue weighted by Crippen LogP contribution is -1.95. The summed E-state index contributed by atoms with van der Waals surface area (Å²) in [5.41, 5.74) is 12.0. The van der Waals surface area contributed by atoms with Crippen LogP contribution in [0, 0.1) is 13.8 Å². The summed E-state index contributed by atoms with van der Waals surface area (Å²) >= 11 is 0. The second-order valence-corrected chi connectivity index (χ2v) is 5.09. The zero-order chi connectivity index (χ0) is 14.3. The number of nitrogens with zero attached hydrogens (tertiary/aromatic N) is 2. The minimum Gasteiger partial charge on any atom is -0.392 e. The number of aliphatic hydroxyl groups is 1. The number of hydrogen-bond acceptors (Lipinski definition) is 3. The van der Waals surface area contributed by atoms with E-state index in [9.17, 15) is 5.11 Å². The predicted molar refractivity (Wildman–Crippen MR) is 80.4 cm³/mol. The average molecular weight is 267 g/mol. The Balaban J connectivity index is 2.23. The van der Waals surface area contributed by atoms with E-state index in [-0.39, 0.29) is 6.61 Å². The van der Waals surface area contributed by atoms with Gasteiger partial charge in [0.05, 0.1) is 6.61 Å². The van der Waals surface area contributed by atoms with Crippen molar-refractivity contribution in [2.24, 2.45) is 0 Å². The van der Waals surface area contributed by atoms with Gasteiger partial charge in [0.15, 0.2) is 0 Å². The van der Waals surface area contributed by atoms with E-state index in [1.165, 1.54) is 5.56 Å². The summed E-state index contributed by atoms with van der Waals surface area (Å²) in [5, 5.41) is 9.20. The maximum absolute atomic E-state index is 9.20. The fraction of sp³-hybridized carbons (Fsp3) is 0.188. The van der Waals surface area contributed by atoms with Gasteiger partial charge in [0.1, 0.15) is 17.2 Å². The summed E-state index contributed by atoms with van der Waals surface area (Å²) in [4.78, 5) is 4.61. The number of pyridine rings is 1. The predicted octanol–water partition coefficient (Wildman–Crippen LogP) is 2.69. The van der Waals surface area contributed by atoms with E-state index in [0.717, 1.165) is 28.0 Å². The first-order chi connectivity index (χ1) is 9.60. The van der Waals surface area contributed by atoms with Gasteiger partial charge in [-0.1, -0.05) is 23.8 Å². The van der Waals surface area contributed by atoms with Crippen LogP contribution in [0.4, 0.5) is 5.82 Å². The molecule has 1 aromatic carbocycles. The van der Waals surface area contributed by atoms with Crippen molar-refractivity contribution in [2.45, 2.75) is 20.5 Å². The highest BCUT2D eigenvalue weighted by molar-refractivity contribution is 5.77. The van der Waals surface area contributed by atoms with E-state index in [1.807, 2.05) is 22.7 Å². The van der Waals surface area contributed by atoms with E-state index in [4.69, 9.17) is 5.73 Å². The van der Waals surface area contributed by atoms with Gasteiger partial charge in [-0.25, -0.2) is 4.98 Å². The largest absolute Gasteiger partial charge is 0.392 e. The van der Waals surface area contributed by atoms with Crippen molar-refractivity contribution >= 4 is 11.5 Å². The van der Waals surface area contributed by atoms with E-state index < -0.39 is 0 Å². The lowest BCUT2D eigenvalue weighted by molar-refractivity contribution is 0.282. The van der Waals surface area contributed by atoms with Crippen molar-refractivity contribution in [1.82, 2.24) is 9.38 Å². The Hall–Kier alpha value is -2.33. The first kappa shape index (κ1) is 12.7. The summed E-state index contributed by atoms with van der Waals surface area (Å²) in [6.45, 7) is 4.13. The number of nitrogens with two attached hydrogens (primary N) is 1. The monoisotopic (exact) mass is 267 g/mol. The van der Waals surface area contributed by atoms with Crippen molar-refractivity contribution in [3.8, 4) is 11.3 Å². The molecule has 2 aromatic heterocycles. The number of hydrogen-bond donors (Lipinski definition) is 2. The summed E-state index contributed by atoms with van der Waals surface area (Å²) in [6, 6.07) is 9.93. The Kier molecular flexibility index (Phi) is 2.95. The first-order valence-corrected chi connectivity index (χ1v) is 6.55. The van der Waals surface area contributed by atoms with Gasteiger partial charge in [0.2, 0.25) is 0 Å². The lowest BCUT2D eigenvalue weighted by atomic mass is 10.0. The molecule has 2 heterocycles. The zero-order valence-electron chi connectivity index (χ0n) is 11.6. The Morgan fingerprint density at radius 2 is 2.00 bits per heavy atom. The van der Waals surface area contributed by atoms with Crippen LogP contribution in [-0.2, 0) is 6.61 Å². The lowest BCUT2D eigenvalue weighted by Gasteiger charge is -2.05. The third-order valence-corrected chi connectivity index (χ3v) is 3.55. The molecule has 3 aromatic rings. The third kappa shape index (κ3) is 1.94. The first-order valence-electron chi connectivity index (χ1n) is 6.55. The standard InChI is InChI=1S/C16H17N3O/c1-10-3-4-13(11(2)7-10)15-16(17)19-6-5-12(9-20)8-14(19)18-15/h3-8,20H,9,17H2,1-2H3. The number of fused-ring (bicyclic) bond motifs is 1. The fourth-order valence-electron chi connectivity index (χ4n) is 2.48. The molecule has 20 heavy (non-hydrogen) atoms. The molecule has 0 saturated heterocycles. The van der Waals surface area contributed by atoms with Crippen molar-refractivity contribution in [3.63, 3.8) is 0 Å². The number of aryl methyl sites for hydroxylation is 2. The van der Waals surface area contributed by atoms with Gasteiger partial charge in [0.25, 0.3) is 0 Å². The van der Waals surface area contributed by atoms with Crippen LogP contribution in [0.15, 0.2) is 36.5 Å². The number of aromatic nitrogens is 2.